The number of hydrogen-bond acceptors (Lipinski definition) is 9. The van der Waals surface area contributed by atoms with Gasteiger partial charge in [-0.3, -0.25) is 9.69 Å². The molecular formula is C23H24N4O5S. The molecule has 0 N–H and O–H groups in total. The second-order valence-electron chi connectivity index (χ2n) is 7.01. The lowest BCUT2D eigenvalue weighted by molar-refractivity contribution is -0.120. The highest BCUT2D eigenvalue weighted by Crippen LogP contribution is 2.47. The highest BCUT2D eigenvalue weighted by Gasteiger charge is 2.37. The molecule has 0 fully saturated rings. The van der Waals surface area contributed by atoms with Gasteiger partial charge >= 0.3 is 0 Å². The average Bonchev–Trinajstić information content (AvgIpc) is 3.01. The average molecular weight is 469 g/mol. The smallest absolute Gasteiger partial charge is 0.247 e. The SMILES string of the molecule is CCC(=O)N1c2ccccc2-c2nnc(SC)nc2O[C@@H]1c1cc(OC)c(OC)cc1OC. The van der Waals surface area contributed by atoms with Crippen LogP contribution in [-0.2, 0) is 4.79 Å². The van der Waals surface area contributed by atoms with E-state index in [0.717, 1.165) is 0 Å². The van der Waals surface area contributed by atoms with E-state index in [1.807, 2.05) is 30.5 Å². The van der Waals surface area contributed by atoms with Crippen molar-refractivity contribution in [2.45, 2.75) is 24.7 Å². The van der Waals surface area contributed by atoms with Gasteiger partial charge in [0.15, 0.2) is 17.2 Å². The molecule has 0 aliphatic carbocycles. The van der Waals surface area contributed by atoms with Crippen LogP contribution in [0, 0.1) is 0 Å². The number of benzene rings is 2. The molecule has 0 radical (unpaired) electrons. The molecule has 172 valence electrons. The van der Waals surface area contributed by atoms with Crippen molar-refractivity contribution < 1.29 is 23.7 Å². The number of amides is 1. The maximum absolute atomic E-state index is 13.3. The van der Waals surface area contributed by atoms with Crippen LogP contribution in [0.25, 0.3) is 11.3 Å². The number of carbonyl (C=O) groups is 1. The summed E-state index contributed by atoms with van der Waals surface area (Å²) in [6.45, 7) is 1.80. The van der Waals surface area contributed by atoms with Crippen LogP contribution in [0.15, 0.2) is 41.6 Å². The molecule has 9 nitrogen and oxygen atoms in total. The molecule has 33 heavy (non-hydrogen) atoms. The zero-order valence-corrected chi connectivity index (χ0v) is 19.8. The van der Waals surface area contributed by atoms with E-state index in [1.54, 1.807) is 45.3 Å². The number of nitrogens with zero attached hydrogens (tertiary/aromatic N) is 4. The molecule has 0 saturated heterocycles. The Kier molecular flexibility index (Phi) is 6.55. The number of methoxy groups -OCH3 is 3. The van der Waals surface area contributed by atoms with Crippen molar-refractivity contribution in [3.63, 3.8) is 0 Å². The molecule has 1 aliphatic rings. The summed E-state index contributed by atoms with van der Waals surface area (Å²) >= 11 is 1.35. The molecular weight excluding hydrogens is 444 g/mol. The molecule has 2 heterocycles. The Labute approximate surface area is 196 Å². The van der Waals surface area contributed by atoms with E-state index in [1.165, 1.54) is 11.8 Å². The largest absolute Gasteiger partial charge is 0.496 e. The monoisotopic (exact) mass is 468 g/mol. The molecule has 0 bridgehead atoms. The molecule has 4 rings (SSSR count). The number of anilines is 1. The Morgan fingerprint density at radius 3 is 2.42 bits per heavy atom. The van der Waals surface area contributed by atoms with Crippen molar-refractivity contribution in [1.29, 1.82) is 0 Å². The van der Waals surface area contributed by atoms with Gasteiger partial charge in [0.2, 0.25) is 23.2 Å². The van der Waals surface area contributed by atoms with Crippen LogP contribution in [-0.4, -0.2) is 48.7 Å². The second-order valence-corrected chi connectivity index (χ2v) is 7.78. The number of aromatic nitrogens is 3. The van der Waals surface area contributed by atoms with Crippen LogP contribution in [0.1, 0.15) is 25.1 Å². The van der Waals surface area contributed by atoms with Crippen molar-refractivity contribution in [2.75, 3.05) is 32.5 Å². The van der Waals surface area contributed by atoms with Crippen molar-refractivity contribution in [2.24, 2.45) is 0 Å². The molecule has 2 aromatic carbocycles. The lowest BCUT2D eigenvalue weighted by Gasteiger charge is -2.31. The minimum atomic E-state index is -0.902. The maximum Gasteiger partial charge on any atom is 0.247 e. The summed E-state index contributed by atoms with van der Waals surface area (Å²) in [7, 11) is 4.64. The van der Waals surface area contributed by atoms with Crippen molar-refractivity contribution in [1.82, 2.24) is 15.2 Å². The minimum absolute atomic E-state index is 0.143. The fourth-order valence-electron chi connectivity index (χ4n) is 3.69. The number of para-hydroxylation sites is 1. The van der Waals surface area contributed by atoms with Gasteiger partial charge in [-0.05, 0) is 18.4 Å². The summed E-state index contributed by atoms with van der Waals surface area (Å²) in [6.07, 6.45) is 1.21. The summed E-state index contributed by atoms with van der Waals surface area (Å²) < 4.78 is 23.0. The van der Waals surface area contributed by atoms with Gasteiger partial charge < -0.3 is 18.9 Å². The molecule has 0 spiro atoms. The van der Waals surface area contributed by atoms with Gasteiger partial charge in [0, 0.05) is 18.1 Å². The van der Waals surface area contributed by atoms with Crippen LogP contribution in [0.4, 0.5) is 5.69 Å². The molecule has 1 amide bonds. The molecule has 0 saturated carbocycles. The predicted octanol–water partition coefficient (Wildman–Crippen LogP) is 4.12. The summed E-state index contributed by atoms with van der Waals surface area (Å²) in [6, 6.07) is 10.9. The maximum atomic E-state index is 13.3. The Balaban J connectivity index is 2.02. The molecule has 3 aromatic rings. The molecule has 1 atom stereocenters. The first-order valence-electron chi connectivity index (χ1n) is 10.2. The van der Waals surface area contributed by atoms with E-state index in [2.05, 4.69) is 15.2 Å². The Bertz CT molecular complexity index is 1190. The topological polar surface area (TPSA) is 95.9 Å². The van der Waals surface area contributed by atoms with Crippen LogP contribution in [0.5, 0.6) is 23.1 Å². The van der Waals surface area contributed by atoms with Gasteiger partial charge in [0.1, 0.15) is 5.75 Å². The Hall–Kier alpha value is -3.53. The molecule has 1 aromatic heterocycles. The van der Waals surface area contributed by atoms with E-state index >= 15 is 0 Å². The highest BCUT2D eigenvalue weighted by atomic mass is 32.2. The molecule has 0 unspecified atom stereocenters. The third kappa shape index (κ3) is 4.02. The van der Waals surface area contributed by atoms with Gasteiger partial charge in [0.25, 0.3) is 0 Å². The van der Waals surface area contributed by atoms with Gasteiger partial charge in [-0.25, -0.2) is 0 Å². The summed E-state index contributed by atoms with van der Waals surface area (Å²) in [5.41, 5.74) is 2.37. The summed E-state index contributed by atoms with van der Waals surface area (Å²) in [5, 5.41) is 9.01. The predicted molar refractivity (Wildman–Crippen MR) is 124 cm³/mol. The van der Waals surface area contributed by atoms with E-state index in [9.17, 15) is 4.79 Å². The second kappa shape index (κ2) is 9.53. The van der Waals surface area contributed by atoms with Crippen LogP contribution in [0.3, 0.4) is 0 Å². The zero-order chi connectivity index (χ0) is 23.5. The summed E-state index contributed by atoms with van der Waals surface area (Å²) in [4.78, 5) is 19.5. The quantitative estimate of drug-likeness (QED) is 0.495. The van der Waals surface area contributed by atoms with E-state index in [-0.39, 0.29) is 18.2 Å². The van der Waals surface area contributed by atoms with Crippen LogP contribution < -0.4 is 23.8 Å². The first-order valence-corrected chi connectivity index (χ1v) is 11.4. The third-order valence-corrected chi connectivity index (χ3v) is 5.81. The number of rotatable bonds is 6. The fourth-order valence-corrected chi connectivity index (χ4v) is 3.98. The van der Waals surface area contributed by atoms with Gasteiger partial charge in [-0.15, -0.1) is 10.2 Å². The molecule has 10 heteroatoms. The highest BCUT2D eigenvalue weighted by molar-refractivity contribution is 7.98. The zero-order valence-electron chi connectivity index (χ0n) is 19.0. The number of thioether (sulfide) groups is 1. The van der Waals surface area contributed by atoms with Gasteiger partial charge in [-0.1, -0.05) is 36.9 Å². The standard InChI is InChI=1S/C23H24N4O5S/c1-6-19(28)27-15-10-8-7-9-13(15)20-21(24-23(33-5)26-25-20)32-22(27)14-11-17(30-3)18(31-4)12-16(14)29-2/h7-12,22H,6H2,1-5H3/t22-/m1/s1. The minimum Gasteiger partial charge on any atom is -0.496 e. The van der Waals surface area contributed by atoms with Crippen molar-refractivity contribution >= 4 is 23.4 Å². The molecule has 1 aliphatic heterocycles. The summed E-state index contributed by atoms with van der Waals surface area (Å²) in [5.74, 6) is 1.57. The lowest BCUT2D eigenvalue weighted by atomic mass is 10.1. The van der Waals surface area contributed by atoms with E-state index in [4.69, 9.17) is 18.9 Å². The number of carbonyl (C=O) groups excluding carboxylic acids is 1. The van der Waals surface area contributed by atoms with E-state index in [0.29, 0.717) is 44.9 Å². The number of fused-ring (bicyclic) bond motifs is 3. The van der Waals surface area contributed by atoms with E-state index < -0.39 is 6.23 Å². The normalized spacial score (nSPS) is 14.5. The number of hydrogen-bond donors (Lipinski definition) is 0. The lowest BCUT2D eigenvalue weighted by Crippen LogP contribution is -2.37. The van der Waals surface area contributed by atoms with Crippen molar-refractivity contribution in [3.05, 3.63) is 42.0 Å². The van der Waals surface area contributed by atoms with Crippen LogP contribution in [0.2, 0.25) is 0 Å². The fraction of sp³-hybridized carbons (Fsp3) is 0.304. The first kappa shape index (κ1) is 22.7. The van der Waals surface area contributed by atoms with Crippen LogP contribution >= 0.6 is 11.8 Å². The van der Waals surface area contributed by atoms with Gasteiger partial charge in [0.05, 0.1) is 32.6 Å². The van der Waals surface area contributed by atoms with Gasteiger partial charge in [-0.2, -0.15) is 4.98 Å². The Morgan fingerprint density at radius 1 is 1.06 bits per heavy atom. The first-order chi connectivity index (χ1) is 16.1. The Morgan fingerprint density at radius 2 is 1.76 bits per heavy atom. The third-order valence-electron chi connectivity index (χ3n) is 5.27. The number of ether oxygens (including phenoxy) is 4. The van der Waals surface area contributed by atoms with Crippen molar-refractivity contribution in [3.8, 4) is 34.4 Å².